The van der Waals surface area contributed by atoms with Gasteiger partial charge in [-0.1, -0.05) is 0 Å². The zero-order valence-corrected chi connectivity index (χ0v) is 12.7. The molecule has 22 heavy (non-hydrogen) atoms. The van der Waals surface area contributed by atoms with E-state index in [1.807, 2.05) is 0 Å². The van der Waals surface area contributed by atoms with Crippen molar-refractivity contribution < 1.29 is 13.2 Å². The first-order valence-electron chi connectivity index (χ1n) is 6.72. The van der Waals surface area contributed by atoms with E-state index in [2.05, 4.69) is 25.5 Å². The van der Waals surface area contributed by atoms with E-state index >= 15 is 0 Å². The van der Waals surface area contributed by atoms with Crippen LogP contribution in [0.1, 0.15) is 11.8 Å². The van der Waals surface area contributed by atoms with Crippen LogP contribution in [0.15, 0.2) is 29.7 Å². The summed E-state index contributed by atoms with van der Waals surface area (Å²) in [6.45, 7) is 0.765. The van der Waals surface area contributed by atoms with Gasteiger partial charge in [0.15, 0.2) is 0 Å². The number of rotatable bonds is 4. The summed E-state index contributed by atoms with van der Waals surface area (Å²) in [6.07, 6.45) is 5.32. The number of aromatic nitrogens is 4. The Hall–Kier alpha value is -2.04. The van der Waals surface area contributed by atoms with Crippen molar-refractivity contribution in [3.05, 3.63) is 30.5 Å². The topological polar surface area (TPSA) is 113 Å². The van der Waals surface area contributed by atoms with Crippen molar-refractivity contribution in [1.82, 2.24) is 24.5 Å². The Morgan fingerprint density at radius 3 is 2.95 bits per heavy atom. The second kappa shape index (κ2) is 5.99. The second-order valence-electron chi connectivity index (χ2n) is 4.70. The van der Waals surface area contributed by atoms with E-state index < -0.39 is 16.1 Å². The van der Waals surface area contributed by atoms with Gasteiger partial charge < -0.3 is 10.1 Å². The fourth-order valence-corrected chi connectivity index (χ4v) is 3.65. The van der Waals surface area contributed by atoms with Crippen LogP contribution in [0.2, 0.25) is 0 Å². The first kappa shape index (κ1) is 14.9. The number of morpholine rings is 1. The van der Waals surface area contributed by atoms with E-state index in [0.717, 1.165) is 0 Å². The minimum Gasteiger partial charge on any atom is -0.372 e. The fourth-order valence-electron chi connectivity index (χ4n) is 2.32. The molecule has 3 heterocycles. The Morgan fingerprint density at radius 2 is 2.23 bits per heavy atom. The lowest BCUT2D eigenvalue weighted by atomic mass is 10.2. The van der Waals surface area contributed by atoms with Gasteiger partial charge in [-0.25, -0.2) is 13.4 Å². The van der Waals surface area contributed by atoms with E-state index in [1.165, 1.54) is 16.7 Å². The Kier molecular flexibility index (Phi) is 4.05. The molecule has 0 aromatic carbocycles. The summed E-state index contributed by atoms with van der Waals surface area (Å²) in [6, 6.07) is 0. The molecule has 3 rings (SSSR count). The molecule has 1 atom stereocenters. The number of ether oxygens (including phenoxy) is 1. The smallest absolute Gasteiger partial charge is 0.246 e. The minimum atomic E-state index is -3.59. The molecule has 1 fully saturated rings. The normalized spacial score (nSPS) is 20.0. The van der Waals surface area contributed by atoms with Crippen LogP contribution in [-0.4, -0.2) is 59.6 Å². The van der Waals surface area contributed by atoms with Crippen LogP contribution in [0.5, 0.6) is 0 Å². The van der Waals surface area contributed by atoms with Crippen molar-refractivity contribution in [2.75, 3.05) is 32.1 Å². The number of hydrogen-bond acceptors (Lipinski definition) is 7. The third kappa shape index (κ3) is 2.67. The Bertz CT molecular complexity index is 733. The van der Waals surface area contributed by atoms with E-state index in [1.54, 1.807) is 19.4 Å². The summed E-state index contributed by atoms with van der Waals surface area (Å²) in [5.74, 6) is 0.579. The predicted molar refractivity (Wildman–Crippen MR) is 77.6 cm³/mol. The molecule has 0 saturated carbocycles. The first-order chi connectivity index (χ1) is 10.6. The third-order valence-electron chi connectivity index (χ3n) is 3.41. The van der Waals surface area contributed by atoms with Gasteiger partial charge in [-0.15, -0.1) is 0 Å². The number of nitrogens with zero attached hydrogens (tertiary/aromatic N) is 4. The monoisotopic (exact) mass is 324 g/mol. The Balaban J connectivity index is 1.86. The number of nitrogens with one attached hydrogen (secondary N) is 2. The molecule has 2 aromatic rings. The lowest BCUT2D eigenvalue weighted by molar-refractivity contribution is -0.00468. The molecule has 2 N–H and O–H groups in total. The Labute approximate surface area is 127 Å². The van der Waals surface area contributed by atoms with Crippen LogP contribution < -0.4 is 5.32 Å². The maximum atomic E-state index is 12.5. The third-order valence-corrected chi connectivity index (χ3v) is 5.24. The SMILES string of the molecule is CNc1nccnc1[C@@H]1CN(S(=O)(=O)c2cn[nH]c2)CCO1. The summed E-state index contributed by atoms with van der Waals surface area (Å²) in [5, 5.41) is 9.15. The zero-order chi connectivity index (χ0) is 15.6. The van der Waals surface area contributed by atoms with E-state index in [0.29, 0.717) is 24.7 Å². The highest BCUT2D eigenvalue weighted by Crippen LogP contribution is 2.27. The quantitative estimate of drug-likeness (QED) is 0.814. The highest BCUT2D eigenvalue weighted by atomic mass is 32.2. The molecular formula is C12H16N6O3S. The van der Waals surface area contributed by atoms with E-state index in [9.17, 15) is 8.42 Å². The highest BCUT2D eigenvalue weighted by Gasteiger charge is 2.33. The molecule has 0 bridgehead atoms. The number of H-pyrrole nitrogens is 1. The van der Waals surface area contributed by atoms with Gasteiger partial charge in [-0.3, -0.25) is 10.1 Å². The van der Waals surface area contributed by atoms with Crippen molar-refractivity contribution in [3.63, 3.8) is 0 Å². The molecule has 0 unspecified atom stereocenters. The molecule has 0 radical (unpaired) electrons. The standard InChI is InChI=1S/C12H16N6O3S/c1-13-12-11(14-2-3-15-12)10-8-18(4-5-21-10)22(19,20)9-6-16-17-7-9/h2-3,6-7,10H,4-5,8H2,1H3,(H,13,15)(H,16,17)/t10-/m0/s1. The van der Waals surface area contributed by atoms with Gasteiger partial charge in [0.1, 0.15) is 22.5 Å². The second-order valence-corrected chi connectivity index (χ2v) is 6.63. The van der Waals surface area contributed by atoms with Crippen molar-refractivity contribution in [2.45, 2.75) is 11.0 Å². The number of hydrogen-bond donors (Lipinski definition) is 2. The molecular weight excluding hydrogens is 308 g/mol. The minimum absolute atomic E-state index is 0.140. The molecule has 10 heteroatoms. The molecule has 118 valence electrons. The molecule has 0 amide bonds. The summed E-state index contributed by atoms with van der Waals surface area (Å²) in [7, 11) is -1.86. The molecule has 1 aliphatic heterocycles. The number of aromatic amines is 1. The average Bonchev–Trinajstić information content (AvgIpc) is 3.10. The van der Waals surface area contributed by atoms with Gasteiger partial charge in [0.2, 0.25) is 10.0 Å². The molecule has 2 aromatic heterocycles. The summed E-state index contributed by atoms with van der Waals surface area (Å²) >= 11 is 0. The van der Waals surface area contributed by atoms with E-state index in [4.69, 9.17) is 4.74 Å². The van der Waals surface area contributed by atoms with Gasteiger partial charge in [-0.05, 0) is 0 Å². The van der Waals surface area contributed by atoms with Crippen LogP contribution in [-0.2, 0) is 14.8 Å². The molecule has 1 saturated heterocycles. The molecule has 1 aliphatic rings. The highest BCUT2D eigenvalue weighted by molar-refractivity contribution is 7.89. The molecule has 0 aliphatic carbocycles. The molecule has 9 nitrogen and oxygen atoms in total. The largest absolute Gasteiger partial charge is 0.372 e. The van der Waals surface area contributed by atoms with Gasteiger partial charge in [0, 0.05) is 38.7 Å². The van der Waals surface area contributed by atoms with Gasteiger partial charge in [-0.2, -0.15) is 9.40 Å². The number of anilines is 1. The Morgan fingerprint density at radius 1 is 1.41 bits per heavy atom. The summed E-state index contributed by atoms with van der Waals surface area (Å²) in [5.41, 5.74) is 0.595. The van der Waals surface area contributed by atoms with Gasteiger partial charge in [0.05, 0.1) is 12.8 Å². The van der Waals surface area contributed by atoms with Crippen LogP contribution in [0, 0.1) is 0 Å². The average molecular weight is 324 g/mol. The maximum Gasteiger partial charge on any atom is 0.246 e. The van der Waals surface area contributed by atoms with Crippen molar-refractivity contribution >= 4 is 15.8 Å². The fraction of sp³-hybridized carbons (Fsp3) is 0.417. The first-order valence-corrected chi connectivity index (χ1v) is 8.16. The maximum absolute atomic E-state index is 12.5. The van der Waals surface area contributed by atoms with Crippen LogP contribution in [0.4, 0.5) is 5.82 Å². The van der Waals surface area contributed by atoms with Crippen molar-refractivity contribution in [1.29, 1.82) is 0 Å². The predicted octanol–water partition coefficient (Wildman–Crippen LogP) is 0.00360. The van der Waals surface area contributed by atoms with E-state index in [-0.39, 0.29) is 11.4 Å². The number of sulfonamides is 1. The summed E-state index contributed by atoms with van der Waals surface area (Å²) < 4.78 is 32.1. The summed E-state index contributed by atoms with van der Waals surface area (Å²) in [4.78, 5) is 8.58. The molecule has 0 spiro atoms. The van der Waals surface area contributed by atoms with Crippen LogP contribution >= 0.6 is 0 Å². The lowest BCUT2D eigenvalue weighted by Gasteiger charge is -2.31. The van der Waals surface area contributed by atoms with Gasteiger partial charge >= 0.3 is 0 Å². The van der Waals surface area contributed by atoms with Crippen molar-refractivity contribution in [3.8, 4) is 0 Å². The van der Waals surface area contributed by atoms with Gasteiger partial charge in [0.25, 0.3) is 0 Å². The van der Waals surface area contributed by atoms with Crippen LogP contribution in [0.3, 0.4) is 0 Å². The van der Waals surface area contributed by atoms with Crippen LogP contribution in [0.25, 0.3) is 0 Å². The lowest BCUT2D eigenvalue weighted by Crippen LogP contribution is -2.42. The van der Waals surface area contributed by atoms with Crippen molar-refractivity contribution in [2.24, 2.45) is 0 Å². The zero-order valence-electron chi connectivity index (χ0n) is 11.9.